The van der Waals surface area contributed by atoms with Crippen molar-refractivity contribution in [3.05, 3.63) is 119 Å². The molecular weight excluding hydrogens is 539 g/mol. The summed E-state index contributed by atoms with van der Waals surface area (Å²) in [6, 6.07) is 26.8. The van der Waals surface area contributed by atoms with Gasteiger partial charge >= 0.3 is 0 Å². The zero-order valence-corrected chi connectivity index (χ0v) is 23.2. The maximum absolute atomic E-state index is 13.5. The standard InChI is InChI=1S/C34H28ClFN2O3/c1-37-34(40)31-28-19-23(12-17-30(28)41-32(31)21-10-15-26(36)16-11-21)22-4-2-5-24(18-22)33(39)38-29-7-3-6-27(29)20-8-13-25(35)14-9-20/h2,4-5,8-19,27,29H,3,6-7H2,1H3,(H,37,40)(H,38,39). The van der Waals surface area contributed by atoms with Crippen molar-refractivity contribution in [3.63, 3.8) is 0 Å². The molecule has 41 heavy (non-hydrogen) atoms. The number of furan rings is 1. The van der Waals surface area contributed by atoms with Crippen molar-refractivity contribution in [2.24, 2.45) is 0 Å². The smallest absolute Gasteiger partial charge is 0.255 e. The minimum absolute atomic E-state index is 0.0506. The summed E-state index contributed by atoms with van der Waals surface area (Å²) >= 11 is 6.08. The van der Waals surface area contributed by atoms with Crippen LogP contribution in [0.3, 0.4) is 0 Å². The fourth-order valence-corrected chi connectivity index (χ4v) is 5.89. The molecular formula is C34H28ClFN2O3. The van der Waals surface area contributed by atoms with Crippen molar-refractivity contribution in [1.29, 1.82) is 0 Å². The molecule has 2 amide bonds. The van der Waals surface area contributed by atoms with Crippen molar-refractivity contribution in [2.45, 2.75) is 31.2 Å². The summed E-state index contributed by atoms with van der Waals surface area (Å²) in [6.07, 6.45) is 3.00. The molecule has 1 aliphatic rings. The van der Waals surface area contributed by atoms with Gasteiger partial charge in [0.05, 0.1) is 5.56 Å². The maximum Gasteiger partial charge on any atom is 0.255 e. The van der Waals surface area contributed by atoms with Crippen molar-refractivity contribution in [3.8, 4) is 22.5 Å². The van der Waals surface area contributed by atoms with Crippen LogP contribution in [0.5, 0.6) is 0 Å². The Morgan fingerprint density at radius 3 is 2.34 bits per heavy atom. The van der Waals surface area contributed by atoms with Gasteiger partial charge in [0, 0.05) is 40.5 Å². The lowest BCUT2D eigenvalue weighted by molar-refractivity contribution is 0.0932. The molecule has 4 aromatic carbocycles. The van der Waals surface area contributed by atoms with E-state index in [1.165, 1.54) is 17.7 Å². The Morgan fingerprint density at radius 2 is 1.59 bits per heavy atom. The molecule has 2 atom stereocenters. The Morgan fingerprint density at radius 1 is 0.854 bits per heavy atom. The summed E-state index contributed by atoms with van der Waals surface area (Å²) in [6.45, 7) is 0. The third-order valence-electron chi connectivity index (χ3n) is 7.84. The summed E-state index contributed by atoms with van der Waals surface area (Å²) in [4.78, 5) is 26.3. The van der Waals surface area contributed by atoms with Gasteiger partial charge in [0.25, 0.3) is 11.8 Å². The monoisotopic (exact) mass is 566 g/mol. The van der Waals surface area contributed by atoms with E-state index < -0.39 is 0 Å². The molecule has 1 heterocycles. The first kappa shape index (κ1) is 26.8. The van der Waals surface area contributed by atoms with E-state index in [4.69, 9.17) is 16.0 Å². The SMILES string of the molecule is CNC(=O)c1c(-c2ccc(F)cc2)oc2ccc(-c3cccc(C(=O)NC4CCCC4c4ccc(Cl)cc4)c3)cc12. The summed E-state index contributed by atoms with van der Waals surface area (Å²) in [5.74, 6) is -0.171. The molecule has 0 bridgehead atoms. The quantitative estimate of drug-likeness (QED) is 0.219. The second kappa shape index (κ2) is 11.2. The van der Waals surface area contributed by atoms with E-state index >= 15 is 0 Å². The predicted octanol–water partition coefficient (Wildman–Crippen LogP) is 7.99. The topological polar surface area (TPSA) is 71.3 Å². The van der Waals surface area contributed by atoms with Gasteiger partial charge in [-0.25, -0.2) is 4.39 Å². The number of fused-ring (bicyclic) bond motifs is 1. The molecule has 1 aromatic heterocycles. The Kier molecular flexibility index (Phi) is 7.33. The zero-order chi connectivity index (χ0) is 28.5. The fourth-order valence-electron chi connectivity index (χ4n) is 5.77. The van der Waals surface area contributed by atoms with E-state index in [0.29, 0.717) is 38.4 Å². The zero-order valence-electron chi connectivity index (χ0n) is 22.4. The molecule has 1 saturated carbocycles. The second-order valence-corrected chi connectivity index (χ2v) is 10.8. The number of amides is 2. The van der Waals surface area contributed by atoms with Crippen LogP contribution in [0.1, 0.15) is 51.5 Å². The van der Waals surface area contributed by atoms with Gasteiger partial charge in [-0.3, -0.25) is 9.59 Å². The van der Waals surface area contributed by atoms with Crippen molar-refractivity contribution in [2.75, 3.05) is 7.05 Å². The lowest BCUT2D eigenvalue weighted by Crippen LogP contribution is -2.36. The number of carbonyl (C=O) groups is 2. The highest BCUT2D eigenvalue weighted by Gasteiger charge is 2.30. The van der Waals surface area contributed by atoms with Gasteiger partial charge in [-0.2, -0.15) is 0 Å². The van der Waals surface area contributed by atoms with Gasteiger partial charge in [0.15, 0.2) is 0 Å². The second-order valence-electron chi connectivity index (χ2n) is 10.4. The molecule has 206 valence electrons. The molecule has 1 fully saturated rings. The lowest BCUT2D eigenvalue weighted by Gasteiger charge is -2.22. The molecule has 2 N–H and O–H groups in total. The first-order valence-electron chi connectivity index (χ1n) is 13.6. The van der Waals surface area contributed by atoms with Crippen LogP contribution in [0, 0.1) is 5.82 Å². The number of nitrogens with one attached hydrogen (secondary N) is 2. The van der Waals surface area contributed by atoms with Crippen LogP contribution >= 0.6 is 11.6 Å². The fraction of sp³-hybridized carbons (Fsp3) is 0.176. The van der Waals surface area contributed by atoms with Crippen molar-refractivity contribution in [1.82, 2.24) is 10.6 Å². The predicted molar refractivity (Wildman–Crippen MR) is 160 cm³/mol. The van der Waals surface area contributed by atoms with Crippen LogP contribution in [-0.4, -0.2) is 24.9 Å². The molecule has 5 aromatic rings. The molecule has 2 unspecified atom stereocenters. The first-order valence-corrected chi connectivity index (χ1v) is 14.0. The highest BCUT2D eigenvalue weighted by Crippen LogP contribution is 2.37. The maximum atomic E-state index is 13.5. The average molecular weight is 567 g/mol. The van der Waals surface area contributed by atoms with Gasteiger partial charge in [-0.05, 0) is 90.2 Å². The van der Waals surface area contributed by atoms with Crippen LogP contribution in [-0.2, 0) is 0 Å². The summed E-state index contributed by atoms with van der Waals surface area (Å²) < 4.78 is 19.6. The Balaban J connectivity index is 1.30. The molecule has 0 aliphatic heterocycles. The summed E-state index contributed by atoms with van der Waals surface area (Å²) in [7, 11) is 1.56. The van der Waals surface area contributed by atoms with Gasteiger partial charge in [-0.1, -0.05) is 48.4 Å². The van der Waals surface area contributed by atoms with E-state index in [1.807, 2.05) is 66.7 Å². The van der Waals surface area contributed by atoms with Gasteiger partial charge in [0.2, 0.25) is 0 Å². The van der Waals surface area contributed by atoms with Crippen LogP contribution in [0.15, 0.2) is 95.4 Å². The van der Waals surface area contributed by atoms with Gasteiger partial charge in [-0.15, -0.1) is 0 Å². The van der Waals surface area contributed by atoms with E-state index in [-0.39, 0.29) is 29.6 Å². The Bertz CT molecular complexity index is 1740. The third kappa shape index (κ3) is 5.35. The largest absolute Gasteiger partial charge is 0.455 e. The number of hydrogen-bond donors (Lipinski definition) is 2. The van der Waals surface area contributed by atoms with Crippen LogP contribution in [0.2, 0.25) is 5.02 Å². The number of hydrogen-bond acceptors (Lipinski definition) is 3. The normalized spacial score (nSPS) is 16.6. The summed E-state index contributed by atoms with van der Waals surface area (Å²) in [5, 5.41) is 7.27. The van der Waals surface area contributed by atoms with Crippen LogP contribution in [0.25, 0.3) is 33.4 Å². The molecule has 0 radical (unpaired) electrons. The minimum Gasteiger partial charge on any atom is -0.455 e. The highest BCUT2D eigenvalue weighted by molar-refractivity contribution is 6.30. The molecule has 7 heteroatoms. The molecule has 5 nitrogen and oxygen atoms in total. The molecule has 6 rings (SSSR count). The van der Waals surface area contributed by atoms with E-state index in [2.05, 4.69) is 10.6 Å². The highest BCUT2D eigenvalue weighted by atomic mass is 35.5. The number of carbonyl (C=O) groups excluding carboxylic acids is 2. The van der Waals surface area contributed by atoms with E-state index in [0.717, 1.165) is 30.4 Å². The van der Waals surface area contributed by atoms with Gasteiger partial charge in [0.1, 0.15) is 17.2 Å². The molecule has 1 aliphatic carbocycles. The number of rotatable bonds is 6. The average Bonchev–Trinajstić information content (AvgIpc) is 3.62. The number of halogens is 2. The summed E-state index contributed by atoms with van der Waals surface area (Å²) in [5.41, 5.74) is 4.94. The Hall–Kier alpha value is -4.42. The molecule has 0 saturated heterocycles. The third-order valence-corrected chi connectivity index (χ3v) is 8.09. The van der Waals surface area contributed by atoms with Gasteiger partial charge < -0.3 is 15.1 Å². The number of benzene rings is 4. The first-order chi connectivity index (χ1) is 19.9. The molecule has 0 spiro atoms. The van der Waals surface area contributed by atoms with Crippen molar-refractivity contribution < 1.29 is 18.4 Å². The van der Waals surface area contributed by atoms with Crippen LogP contribution < -0.4 is 10.6 Å². The minimum atomic E-state index is -0.369. The Labute approximate surface area is 242 Å². The van der Waals surface area contributed by atoms with E-state index in [9.17, 15) is 14.0 Å². The van der Waals surface area contributed by atoms with Crippen LogP contribution in [0.4, 0.5) is 4.39 Å². The van der Waals surface area contributed by atoms with E-state index in [1.54, 1.807) is 19.2 Å². The van der Waals surface area contributed by atoms with Crippen molar-refractivity contribution >= 4 is 34.4 Å². The lowest BCUT2D eigenvalue weighted by atomic mass is 9.93.